The molecule has 0 saturated carbocycles. The van der Waals surface area contributed by atoms with Gasteiger partial charge in [-0.25, -0.2) is 4.98 Å². The molecule has 0 unspecified atom stereocenters. The SMILES string of the molecule is NC(=O)c1c(-c2ccccc2)csc1NC(=O)c1sc2nc3c(cc2c1N)CCCCCC3. The van der Waals surface area contributed by atoms with Gasteiger partial charge in [-0.1, -0.05) is 43.2 Å². The van der Waals surface area contributed by atoms with Gasteiger partial charge in [0.2, 0.25) is 0 Å². The van der Waals surface area contributed by atoms with Gasteiger partial charge in [0.1, 0.15) is 14.7 Å². The van der Waals surface area contributed by atoms with E-state index in [1.165, 1.54) is 41.1 Å². The molecular weight excluding hydrogens is 452 g/mol. The number of fused-ring (bicyclic) bond motifs is 2. The van der Waals surface area contributed by atoms with E-state index in [0.29, 0.717) is 26.7 Å². The van der Waals surface area contributed by atoms with E-state index in [1.807, 2.05) is 35.7 Å². The summed E-state index contributed by atoms with van der Waals surface area (Å²) in [7, 11) is 0. The van der Waals surface area contributed by atoms with Crippen LogP contribution in [-0.2, 0) is 12.8 Å². The summed E-state index contributed by atoms with van der Waals surface area (Å²) >= 11 is 2.57. The van der Waals surface area contributed by atoms with Crippen molar-refractivity contribution in [2.24, 2.45) is 5.73 Å². The first-order valence-corrected chi connectivity index (χ1v) is 12.7. The molecule has 0 radical (unpaired) electrons. The first-order chi connectivity index (χ1) is 16.0. The Kier molecular flexibility index (Phi) is 5.86. The van der Waals surface area contributed by atoms with Crippen molar-refractivity contribution < 1.29 is 9.59 Å². The number of rotatable bonds is 4. The lowest BCUT2D eigenvalue weighted by atomic mass is 9.96. The lowest BCUT2D eigenvalue weighted by Crippen LogP contribution is -2.17. The van der Waals surface area contributed by atoms with Crippen molar-refractivity contribution >= 4 is 55.4 Å². The summed E-state index contributed by atoms with van der Waals surface area (Å²) < 4.78 is 0. The number of hydrogen-bond donors (Lipinski definition) is 3. The number of nitrogens with zero attached hydrogens (tertiary/aromatic N) is 1. The normalized spacial score (nSPS) is 13.8. The number of aryl methyl sites for hydroxylation is 2. The minimum Gasteiger partial charge on any atom is -0.397 e. The van der Waals surface area contributed by atoms with Gasteiger partial charge in [0, 0.05) is 22.0 Å². The average Bonchev–Trinajstić information content (AvgIpc) is 3.35. The molecule has 0 aliphatic heterocycles. The highest BCUT2D eigenvalue weighted by molar-refractivity contribution is 7.21. The minimum atomic E-state index is -0.587. The van der Waals surface area contributed by atoms with Crippen LogP contribution in [0.3, 0.4) is 0 Å². The quantitative estimate of drug-likeness (QED) is 0.355. The molecule has 3 heterocycles. The fourth-order valence-corrected chi connectivity index (χ4v) is 6.33. The lowest BCUT2D eigenvalue weighted by Gasteiger charge is -2.12. The molecule has 0 atom stereocenters. The molecule has 168 valence electrons. The molecule has 8 heteroatoms. The second-order valence-electron chi connectivity index (χ2n) is 8.24. The maximum atomic E-state index is 13.2. The van der Waals surface area contributed by atoms with Crippen LogP contribution < -0.4 is 16.8 Å². The van der Waals surface area contributed by atoms with Gasteiger partial charge >= 0.3 is 0 Å². The number of carbonyl (C=O) groups is 2. The molecule has 2 amide bonds. The van der Waals surface area contributed by atoms with E-state index in [1.54, 1.807) is 0 Å². The second-order valence-corrected chi connectivity index (χ2v) is 10.1. The molecule has 5 rings (SSSR count). The monoisotopic (exact) mass is 476 g/mol. The number of carbonyl (C=O) groups excluding carboxylic acids is 2. The van der Waals surface area contributed by atoms with E-state index in [9.17, 15) is 9.59 Å². The van der Waals surface area contributed by atoms with Gasteiger partial charge < -0.3 is 16.8 Å². The molecule has 0 spiro atoms. The highest BCUT2D eigenvalue weighted by Gasteiger charge is 2.24. The molecule has 1 aliphatic carbocycles. The Labute approximate surface area is 199 Å². The van der Waals surface area contributed by atoms with Gasteiger partial charge in [0.25, 0.3) is 11.8 Å². The van der Waals surface area contributed by atoms with Crippen LogP contribution in [0.25, 0.3) is 21.3 Å². The molecule has 0 bridgehead atoms. The fourth-order valence-electron chi connectivity index (χ4n) is 4.37. The zero-order chi connectivity index (χ0) is 22.9. The molecule has 0 fully saturated rings. The number of hydrogen-bond acceptors (Lipinski definition) is 6. The average molecular weight is 477 g/mol. The van der Waals surface area contributed by atoms with Crippen molar-refractivity contribution in [1.82, 2.24) is 4.98 Å². The highest BCUT2D eigenvalue weighted by atomic mass is 32.1. The maximum Gasteiger partial charge on any atom is 0.268 e. The van der Waals surface area contributed by atoms with Crippen molar-refractivity contribution in [3.05, 3.63) is 63.5 Å². The van der Waals surface area contributed by atoms with Gasteiger partial charge in [-0.15, -0.1) is 22.7 Å². The Hall–Kier alpha value is -3.23. The predicted octanol–water partition coefficient (Wildman–Crippen LogP) is 5.62. The highest BCUT2D eigenvalue weighted by Crippen LogP contribution is 2.38. The summed E-state index contributed by atoms with van der Waals surface area (Å²) in [6.45, 7) is 0. The van der Waals surface area contributed by atoms with E-state index in [0.717, 1.165) is 47.2 Å². The van der Waals surface area contributed by atoms with Crippen LogP contribution in [0.1, 0.15) is 57.0 Å². The summed E-state index contributed by atoms with van der Waals surface area (Å²) in [4.78, 5) is 31.5. The van der Waals surface area contributed by atoms with Crippen molar-refractivity contribution in [2.75, 3.05) is 11.1 Å². The number of thiophene rings is 2. The Bertz CT molecular complexity index is 1360. The molecular formula is C25H24N4O2S2. The number of pyridine rings is 1. The van der Waals surface area contributed by atoms with Crippen molar-refractivity contribution in [2.45, 2.75) is 38.5 Å². The van der Waals surface area contributed by atoms with Gasteiger partial charge in [0.15, 0.2) is 0 Å². The van der Waals surface area contributed by atoms with Crippen LogP contribution in [0.5, 0.6) is 0 Å². The third kappa shape index (κ3) is 4.12. The van der Waals surface area contributed by atoms with Crippen molar-refractivity contribution in [1.29, 1.82) is 0 Å². The summed E-state index contributed by atoms with van der Waals surface area (Å²) in [6.07, 6.45) is 6.71. The Morgan fingerprint density at radius 2 is 1.79 bits per heavy atom. The number of aromatic nitrogens is 1. The predicted molar refractivity (Wildman–Crippen MR) is 136 cm³/mol. The third-order valence-corrected chi connectivity index (χ3v) is 8.06. The largest absolute Gasteiger partial charge is 0.397 e. The molecule has 1 aromatic carbocycles. The molecule has 0 saturated heterocycles. The van der Waals surface area contributed by atoms with E-state index in [-0.39, 0.29) is 5.91 Å². The van der Waals surface area contributed by atoms with Gasteiger partial charge in [0.05, 0.1) is 11.3 Å². The topological polar surface area (TPSA) is 111 Å². The molecule has 5 N–H and O–H groups in total. The van der Waals surface area contributed by atoms with E-state index in [4.69, 9.17) is 16.5 Å². The maximum absolute atomic E-state index is 13.2. The molecule has 3 aromatic heterocycles. The van der Waals surface area contributed by atoms with Gasteiger partial charge in [-0.2, -0.15) is 0 Å². The van der Waals surface area contributed by atoms with Gasteiger partial charge in [-0.05, 0) is 42.9 Å². The van der Waals surface area contributed by atoms with E-state index >= 15 is 0 Å². The van der Waals surface area contributed by atoms with Crippen LogP contribution in [0, 0.1) is 0 Å². The summed E-state index contributed by atoms with van der Waals surface area (Å²) in [5.74, 6) is -0.942. The fraction of sp³-hybridized carbons (Fsp3) is 0.240. The molecule has 1 aliphatic rings. The first-order valence-electron chi connectivity index (χ1n) is 11.0. The summed E-state index contributed by atoms with van der Waals surface area (Å²) in [6, 6.07) is 11.6. The minimum absolute atomic E-state index is 0.306. The molecule has 33 heavy (non-hydrogen) atoms. The molecule has 4 aromatic rings. The van der Waals surface area contributed by atoms with Crippen LogP contribution in [-0.4, -0.2) is 16.8 Å². The number of primary amides is 1. The molecule has 6 nitrogen and oxygen atoms in total. The Balaban J connectivity index is 1.49. The van der Waals surface area contributed by atoms with Crippen molar-refractivity contribution in [3.8, 4) is 11.1 Å². The number of nitrogen functional groups attached to an aromatic ring is 1. The van der Waals surface area contributed by atoms with Crippen LogP contribution in [0.4, 0.5) is 10.7 Å². The lowest BCUT2D eigenvalue weighted by molar-refractivity contribution is 0.100. The first kappa shape index (κ1) is 21.6. The number of benzene rings is 1. The number of amides is 2. The second kappa shape index (κ2) is 8.96. The smallest absolute Gasteiger partial charge is 0.268 e. The number of nitrogens with one attached hydrogen (secondary N) is 1. The zero-order valence-corrected chi connectivity index (χ0v) is 19.7. The van der Waals surface area contributed by atoms with E-state index in [2.05, 4.69) is 11.4 Å². The Morgan fingerprint density at radius 3 is 2.55 bits per heavy atom. The summed E-state index contributed by atoms with van der Waals surface area (Å²) in [5.41, 5.74) is 16.8. The number of anilines is 2. The standard InChI is InChI=1S/C25H24N4O2S2/c26-20-16-12-15-10-4-1-2-7-11-18(15)28-24(16)33-21(20)23(31)29-25-19(22(27)30)17(13-32-25)14-8-5-3-6-9-14/h3,5-6,8-9,12-13H,1-2,4,7,10-11,26H2,(H2,27,30)(H,29,31). The zero-order valence-electron chi connectivity index (χ0n) is 18.0. The van der Waals surface area contributed by atoms with Crippen LogP contribution >= 0.6 is 22.7 Å². The number of nitrogens with two attached hydrogens (primary N) is 2. The van der Waals surface area contributed by atoms with Crippen LogP contribution in [0.15, 0.2) is 41.8 Å². The Morgan fingerprint density at radius 1 is 1.03 bits per heavy atom. The summed E-state index contributed by atoms with van der Waals surface area (Å²) in [5, 5.41) is 5.95. The van der Waals surface area contributed by atoms with E-state index < -0.39 is 5.91 Å². The van der Waals surface area contributed by atoms with Crippen molar-refractivity contribution in [3.63, 3.8) is 0 Å². The van der Waals surface area contributed by atoms with Gasteiger partial charge in [-0.3, -0.25) is 9.59 Å². The van der Waals surface area contributed by atoms with Crippen LogP contribution in [0.2, 0.25) is 0 Å². The third-order valence-electron chi connectivity index (χ3n) is 6.05.